The molecule has 6 nitrogen and oxygen atoms in total. The summed E-state index contributed by atoms with van der Waals surface area (Å²) in [5, 5.41) is 0. The van der Waals surface area contributed by atoms with Gasteiger partial charge in [-0.1, -0.05) is 109 Å². The molecule has 0 amide bonds. The van der Waals surface area contributed by atoms with E-state index in [1.54, 1.807) is 12.1 Å². The highest BCUT2D eigenvalue weighted by molar-refractivity contribution is 7.80. The second-order valence-corrected chi connectivity index (χ2v) is 9.91. The van der Waals surface area contributed by atoms with Crippen LogP contribution in [-0.2, 0) is 25.8 Å². The third kappa shape index (κ3) is 15.9. The number of carbonyl (C=O) groups excluding carboxylic acids is 1. The van der Waals surface area contributed by atoms with Crippen LogP contribution in [0.5, 0.6) is 5.75 Å². The summed E-state index contributed by atoms with van der Waals surface area (Å²) in [6.45, 7) is 4.30. The molecule has 0 heterocycles. The molecular formula is C26H44O6S. The molecule has 0 spiro atoms. The summed E-state index contributed by atoms with van der Waals surface area (Å²) >= 11 is 0. The summed E-state index contributed by atoms with van der Waals surface area (Å²) in [4.78, 5) is 12.4. The summed E-state index contributed by atoms with van der Waals surface area (Å²) in [6, 6.07) is 7.28. The van der Waals surface area contributed by atoms with Crippen LogP contribution < -0.4 is 4.74 Å². The number of ether oxygens (including phenoxy) is 1. The maximum Gasteiger partial charge on any atom is 0.398 e. The van der Waals surface area contributed by atoms with Gasteiger partial charge in [-0.05, 0) is 37.0 Å². The molecule has 1 rings (SSSR count). The molecule has 1 aromatic rings. The molecule has 1 N–H and O–H groups in total. The van der Waals surface area contributed by atoms with E-state index in [1.165, 1.54) is 63.4 Å². The second-order valence-electron chi connectivity index (χ2n) is 8.86. The van der Waals surface area contributed by atoms with Crippen LogP contribution in [0.2, 0.25) is 0 Å². The van der Waals surface area contributed by atoms with Gasteiger partial charge in [0.05, 0.1) is 0 Å². The SMILES string of the molecule is CCCCCCCCCCCCc1ccc(OC(=O)C(CCCCCC)OS(=O)(=O)O)cc1. The first kappa shape index (κ1) is 29.6. The molecule has 0 aliphatic carbocycles. The van der Waals surface area contributed by atoms with Gasteiger partial charge >= 0.3 is 16.4 Å². The Morgan fingerprint density at radius 3 is 1.79 bits per heavy atom. The topological polar surface area (TPSA) is 89.9 Å². The van der Waals surface area contributed by atoms with Crippen molar-refractivity contribution in [2.24, 2.45) is 0 Å². The van der Waals surface area contributed by atoms with Gasteiger partial charge in [-0.25, -0.2) is 8.98 Å². The number of aryl methyl sites for hydroxylation is 1. The van der Waals surface area contributed by atoms with Crippen LogP contribution in [0.4, 0.5) is 0 Å². The first-order valence-corrected chi connectivity index (χ1v) is 14.2. The van der Waals surface area contributed by atoms with Crippen LogP contribution in [-0.4, -0.2) is 25.0 Å². The van der Waals surface area contributed by atoms with Crippen LogP contribution in [0.1, 0.15) is 116 Å². The van der Waals surface area contributed by atoms with Gasteiger partial charge < -0.3 is 4.74 Å². The lowest BCUT2D eigenvalue weighted by Crippen LogP contribution is -2.31. The fourth-order valence-corrected chi connectivity index (χ4v) is 4.30. The number of hydrogen-bond donors (Lipinski definition) is 1. The fourth-order valence-electron chi connectivity index (χ4n) is 3.83. The van der Waals surface area contributed by atoms with Crippen LogP contribution in [0.15, 0.2) is 24.3 Å². The zero-order valence-electron chi connectivity index (χ0n) is 20.6. The van der Waals surface area contributed by atoms with Crippen molar-refractivity contribution in [3.63, 3.8) is 0 Å². The standard InChI is InChI=1S/C26H44O6S/c1-3-5-7-9-10-11-12-13-14-15-17-23-19-21-24(22-20-23)31-26(27)25(32-33(28,29)30)18-16-8-6-4-2/h19-22,25H,3-18H2,1-2H3,(H,28,29,30). The van der Waals surface area contributed by atoms with Crippen LogP contribution >= 0.6 is 0 Å². The van der Waals surface area contributed by atoms with Gasteiger partial charge in [0.1, 0.15) is 5.75 Å². The molecule has 0 aromatic heterocycles. The van der Waals surface area contributed by atoms with Gasteiger partial charge in [0.15, 0.2) is 6.10 Å². The molecule has 0 saturated carbocycles. The van der Waals surface area contributed by atoms with Gasteiger partial charge in [0, 0.05) is 0 Å². The maximum atomic E-state index is 12.4. The molecule has 0 radical (unpaired) electrons. The number of esters is 1. The van der Waals surface area contributed by atoms with Crippen LogP contribution in [0.25, 0.3) is 0 Å². The molecule has 33 heavy (non-hydrogen) atoms. The highest BCUT2D eigenvalue weighted by Gasteiger charge is 2.26. The van der Waals surface area contributed by atoms with E-state index in [1.807, 2.05) is 12.1 Å². The Morgan fingerprint density at radius 2 is 1.27 bits per heavy atom. The zero-order chi connectivity index (χ0) is 24.4. The second kappa shape index (κ2) is 18.0. The Labute approximate surface area is 201 Å². The Kier molecular flexibility index (Phi) is 16.1. The van der Waals surface area contributed by atoms with Crippen LogP contribution in [0.3, 0.4) is 0 Å². The molecule has 0 aliphatic heterocycles. The van der Waals surface area contributed by atoms with Crippen molar-refractivity contribution in [1.29, 1.82) is 0 Å². The van der Waals surface area contributed by atoms with E-state index < -0.39 is 22.5 Å². The van der Waals surface area contributed by atoms with E-state index in [0.29, 0.717) is 12.2 Å². The Hall–Kier alpha value is -1.44. The van der Waals surface area contributed by atoms with Gasteiger partial charge in [-0.2, -0.15) is 8.42 Å². The van der Waals surface area contributed by atoms with E-state index in [9.17, 15) is 13.2 Å². The largest absolute Gasteiger partial charge is 0.425 e. The Bertz CT molecular complexity index is 730. The number of carbonyl (C=O) groups is 1. The zero-order valence-corrected chi connectivity index (χ0v) is 21.4. The van der Waals surface area contributed by atoms with E-state index in [-0.39, 0.29) is 6.42 Å². The van der Waals surface area contributed by atoms with Gasteiger partial charge in [0.2, 0.25) is 0 Å². The van der Waals surface area contributed by atoms with Crippen LogP contribution in [0, 0.1) is 0 Å². The van der Waals surface area contributed by atoms with Crippen molar-refractivity contribution in [2.45, 2.75) is 123 Å². The van der Waals surface area contributed by atoms with Crippen molar-refractivity contribution in [1.82, 2.24) is 0 Å². The summed E-state index contributed by atoms with van der Waals surface area (Å²) in [7, 11) is -4.74. The lowest BCUT2D eigenvalue weighted by Gasteiger charge is -2.14. The van der Waals surface area contributed by atoms with Crippen molar-refractivity contribution in [2.75, 3.05) is 0 Å². The predicted octanol–water partition coefficient (Wildman–Crippen LogP) is 7.21. The lowest BCUT2D eigenvalue weighted by molar-refractivity contribution is -0.142. The molecule has 1 atom stereocenters. The molecule has 190 valence electrons. The number of hydrogen-bond acceptors (Lipinski definition) is 5. The molecular weight excluding hydrogens is 440 g/mol. The molecule has 0 fully saturated rings. The van der Waals surface area contributed by atoms with E-state index in [0.717, 1.165) is 32.1 Å². The number of unbranched alkanes of at least 4 members (excludes halogenated alkanes) is 12. The van der Waals surface area contributed by atoms with Gasteiger partial charge in [0.25, 0.3) is 0 Å². The quantitative estimate of drug-likeness (QED) is 0.0910. The van der Waals surface area contributed by atoms with Crippen molar-refractivity contribution < 1.29 is 26.7 Å². The average molecular weight is 485 g/mol. The number of benzene rings is 1. The average Bonchev–Trinajstić information content (AvgIpc) is 2.77. The predicted molar refractivity (Wildman–Crippen MR) is 133 cm³/mol. The summed E-state index contributed by atoms with van der Waals surface area (Å²) < 4.78 is 41.0. The minimum Gasteiger partial charge on any atom is -0.425 e. The Morgan fingerprint density at radius 1 is 0.788 bits per heavy atom. The van der Waals surface area contributed by atoms with Gasteiger partial charge in [-0.15, -0.1) is 0 Å². The summed E-state index contributed by atoms with van der Waals surface area (Å²) in [5.41, 5.74) is 1.18. The highest BCUT2D eigenvalue weighted by atomic mass is 32.3. The normalized spacial score (nSPS) is 12.6. The molecule has 1 unspecified atom stereocenters. The third-order valence-electron chi connectivity index (χ3n) is 5.78. The highest BCUT2D eigenvalue weighted by Crippen LogP contribution is 2.18. The van der Waals surface area contributed by atoms with E-state index in [2.05, 4.69) is 18.0 Å². The monoisotopic (exact) mass is 484 g/mol. The Balaban J connectivity index is 2.34. The van der Waals surface area contributed by atoms with Crippen molar-refractivity contribution >= 4 is 16.4 Å². The molecule has 0 aliphatic rings. The lowest BCUT2D eigenvalue weighted by atomic mass is 10.0. The van der Waals surface area contributed by atoms with Crippen molar-refractivity contribution in [3.05, 3.63) is 29.8 Å². The minimum absolute atomic E-state index is 0.176. The maximum absolute atomic E-state index is 12.4. The minimum atomic E-state index is -4.74. The first-order valence-electron chi connectivity index (χ1n) is 12.8. The molecule has 0 saturated heterocycles. The smallest absolute Gasteiger partial charge is 0.398 e. The molecule has 0 bridgehead atoms. The fraction of sp³-hybridized carbons (Fsp3) is 0.731. The molecule has 7 heteroatoms. The van der Waals surface area contributed by atoms with Gasteiger partial charge in [-0.3, -0.25) is 4.55 Å². The van der Waals surface area contributed by atoms with Crippen molar-refractivity contribution in [3.8, 4) is 5.75 Å². The van der Waals surface area contributed by atoms with E-state index >= 15 is 0 Å². The third-order valence-corrected chi connectivity index (χ3v) is 6.26. The number of rotatable bonds is 20. The first-order chi connectivity index (χ1) is 15.9. The summed E-state index contributed by atoms with van der Waals surface area (Å²) in [6.07, 6.45) is 16.3. The summed E-state index contributed by atoms with van der Waals surface area (Å²) in [5.74, 6) is -0.476. The van der Waals surface area contributed by atoms with E-state index in [4.69, 9.17) is 9.29 Å². The molecule has 1 aromatic carbocycles.